The standard InChI is InChI=1S/C21H24ClN5O/c22-19-7-8-20-23-14-18(27(20)25-19)6-9-21(28)24-17-10-12-26(13-11-17)15-16-4-2-1-3-5-16/h1-5,7-8,14,17H,6,9-13,15H2,(H,24,28). The minimum absolute atomic E-state index is 0.0819. The Bertz CT molecular complexity index is 934. The van der Waals surface area contributed by atoms with E-state index >= 15 is 0 Å². The van der Waals surface area contributed by atoms with E-state index < -0.39 is 0 Å². The van der Waals surface area contributed by atoms with Crippen molar-refractivity contribution >= 4 is 23.2 Å². The molecule has 1 aromatic carbocycles. The molecule has 4 rings (SSSR count). The van der Waals surface area contributed by atoms with Gasteiger partial charge in [0.1, 0.15) is 5.15 Å². The zero-order valence-corrected chi connectivity index (χ0v) is 16.5. The molecule has 3 heterocycles. The molecule has 0 aliphatic carbocycles. The maximum atomic E-state index is 12.4. The van der Waals surface area contributed by atoms with E-state index in [0.29, 0.717) is 18.0 Å². The number of aryl methyl sites for hydroxylation is 1. The number of hydrogen-bond donors (Lipinski definition) is 1. The Morgan fingerprint density at radius 3 is 2.71 bits per heavy atom. The van der Waals surface area contributed by atoms with E-state index in [-0.39, 0.29) is 11.9 Å². The molecular weight excluding hydrogens is 374 g/mol. The van der Waals surface area contributed by atoms with Gasteiger partial charge in [0.2, 0.25) is 5.91 Å². The smallest absolute Gasteiger partial charge is 0.220 e. The number of piperidine rings is 1. The number of nitrogens with one attached hydrogen (secondary N) is 1. The van der Waals surface area contributed by atoms with E-state index in [1.54, 1.807) is 16.8 Å². The number of benzene rings is 1. The lowest BCUT2D eigenvalue weighted by Gasteiger charge is -2.32. The number of amides is 1. The molecule has 0 saturated carbocycles. The van der Waals surface area contributed by atoms with Crippen molar-refractivity contribution < 1.29 is 4.79 Å². The van der Waals surface area contributed by atoms with Gasteiger partial charge < -0.3 is 5.32 Å². The topological polar surface area (TPSA) is 62.5 Å². The Labute approximate surface area is 169 Å². The van der Waals surface area contributed by atoms with E-state index in [1.165, 1.54) is 5.56 Å². The molecule has 0 radical (unpaired) electrons. The first-order valence-corrected chi connectivity index (χ1v) is 10.1. The highest BCUT2D eigenvalue weighted by atomic mass is 35.5. The highest BCUT2D eigenvalue weighted by molar-refractivity contribution is 6.29. The molecule has 146 valence electrons. The second kappa shape index (κ2) is 8.71. The Morgan fingerprint density at radius 1 is 1.14 bits per heavy atom. The molecule has 0 bridgehead atoms. The van der Waals surface area contributed by atoms with Gasteiger partial charge in [0.05, 0.1) is 11.9 Å². The van der Waals surface area contributed by atoms with Crippen LogP contribution < -0.4 is 5.32 Å². The number of imidazole rings is 1. The average molecular weight is 398 g/mol. The largest absolute Gasteiger partial charge is 0.353 e. The van der Waals surface area contributed by atoms with E-state index in [2.05, 4.69) is 44.6 Å². The number of likely N-dealkylation sites (tertiary alicyclic amines) is 1. The van der Waals surface area contributed by atoms with Crippen LogP contribution in [-0.2, 0) is 17.8 Å². The van der Waals surface area contributed by atoms with E-state index in [0.717, 1.165) is 43.8 Å². The van der Waals surface area contributed by atoms with Gasteiger partial charge in [-0.3, -0.25) is 9.69 Å². The van der Waals surface area contributed by atoms with Crippen molar-refractivity contribution in [1.29, 1.82) is 0 Å². The molecule has 1 fully saturated rings. The lowest BCUT2D eigenvalue weighted by Crippen LogP contribution is -2.44. The SMILES string of the molecule is O=C(CCc1cnc2ccc(Cl)nn12)NC1CCN(Cc2ccccc2)CC1. The number of fused-ring (bicyclic) bond motifs is 1. The molecule has 28 heavy (non-hydrogen) atoms. The van der Waals surface area contributed by atoms with Crippen molar-refractivity contribution in [3.05, 3.63) is 65.1 Å². The highest BCUT2D eigenvalue weighted by Crippen LogP contribution is 2.15. The van der Waals surface area contributed by atoms with Crippen molar-refractivity contribution in [1.82, 2.24) is 24.8 Å². The van der Waals surface area contributed by atoms with Crippen LogP contribution in [0.4, 0.5) is 0 Å². The van der Waals surface area contributed by atoms with Crippen molar-refractivity contribution in [3.63, 3.8) is 0 Å². The lowest BCUT2D eigenvalue weighted by molar-refractivity contribution is -0.122. The van der Waals surface area contributed by atoms with Gasteiger partial charge >= 0.3 is 0 Å². The molecule has 7 heteroatoms. The summed E-state index contributed by atoms with van der Waals surface area (Å²) in [5.41, 5.74) is 2.97. The molecule has 1 saturated heterocycles. The van der Waals surface area contributed by atoms with E-state index in [4.69, 9.17) is 11.6 Å². The third-order valence-electron chi connectivity index (χ3n) is 5.21. The van der Waals surface area contributed by atoms with Crippen LogP contribution in [0.1, 0.15) is 30.5 Å². The fraction of sp³-hybridized carbons (Fsp3) is 0.381. The van der Waals surface area contributed by atoms with Gasteiger partial charge in [0.25, 0.3) is 0 Å². The fourth-order valence-corrected chi connectivity index (χ4v) is 3.83. The number of carbonyl (C=O) groups excluding carboxylic acids is 1. The fourth-order valence-electron chi connectivity index (χ4n) is 3.69. The van der Waals surface area contributed by atoms with Gasteiger partial charge in [-0.1, -0.05) is 41.9 Å². The molecule has 2 aromatic heterocycles. The minimum Gasteiger partial charge on any atom is -0.353 e. The number of hydrogen-bond acceptors (Lipinski definition) is 4. The van der Waals surface area contributed by atoms with Crippen LogP contribution in [0.15, 0.2) is 48.7 Å². The Kier molecular flexibility index (Phi) is 5.88. The molecule has 6 nitrogen and oxygen atoms in total. The number of nitrogens with zero attached hydrogens (tertiary/aromatic N) is 4. The monoisotopic (exact) mass is 397 g/mol. The van der Waals surface area contributed by atoms with Gasteiger partial charge in [-0.15, -0.1) is 0 Å². The number of halogens is 1. The summed E-state index contributed by atoms with van der Waals surface area (Å²) in [6, 6.07) is 14.3. The van der Waals surface area contributed by atoms with E-state index in [1.807, 2.05) is 12.1 Å². The highest BCUT2D eigenvalue weighted by Gasteiger charge is 2.20. The minimum atomic E-state index is 0.0819. The van der Waals surface area contributed by atoms with Gasteiger partial charge in [-0.2, -0.15) is 5.10 Å². The first kappa shape index (κ1) is 18.9. The Morgan fingerprint density at radius 2 is 1.93 bits per heavy atom. The number of aromatic nitrogens is 3. The van der Waals surface area contributed by atoms with Gasteiger partial charge in [-0.05, 0) is 30.5 Å². The quantitative estimate of drug-likeness (QED) is 0.694. The van der Waals surface area contributed by atoms with Crippen LogP contribution >= 0.6 is 11.6 Å². The second-order valence-corrected chi connectivity index (χ2v) is 7.67. The summed E-state index contributed by atoms with van der Waals surface area (Å²) >= 11 is 5.96. The molecule has 1 amide bonds. The Balaban J connectivity index is 1.23. The van der Waals surface area contributed by atoms with Crippen molar-refractivity contribution in [2.24, 2.45) is 0 Å². The van der Waals surface area contributed by atoms with Crippen LogP contribution in [0.2, 0.25) is 5.15 Å². The van der Waals surface area contributed by atoms with Crippen molar-refractivity contribution in [2.75, 3.05) is 13.1 Å². The van der Waals surface area contributed by atoms with Crippen molar-refractivity contribution in [2.45, 2.75) is 38.3 Å². The van der Waals surface area contributed by atoms with Crippen LogP contribution in [0.3, 0.4) is 0 Å². The molecule has 0 unspecified atom stereocenters. The molecule has 3 aromatic rings. The summed E-state index contributed by atoms with van der Waals surface area (Å²) in [7, 11) is 0. The van der Waals surface area contributed by atoms with Crippen molar-refractivity contribution in [3.8, 4) is 0 Å². The summed E-state index contributed by atoms with van der Waals surface area (Å²) in [4.78, 5) is 19.1. The summed E-state index contributed by atoms with van der Waals surface area (Å²) in [6.45, 7) is 3.00. The second-order valence-electron chi connectivity index (χ2n) is 7.28. The van der Waals surface area contributed by atoms with Gasteiger partial charge in [0.15, 0.2) is 5.65 Å². The summed E-state index contributed by atoms with van der Waals surface area (Å²) in [6.07, 6.45) is 4.75. The van der Waals surface area contributed by atoms with Crippen LogP contribution in [-0.4, -0.2) is 44.5 Å². The maximum absolute atomic E-state index is 12.4. The summed E-state index contributed by atoms with van der Waals surface area (Å²) in [5.74, 6) is 0.0819. The predicted molar refractivity (Wildman–Crippen MR) is 109 cm³/mol. The number of rotatable bonds is 6. The van der Waals surface area contributed by atoms with Crippen LogP contribution in [0.5, 0.6) is 0 Å². The third-order valence-corrected chi connectivity index (χ3v) is 5.41. The molecule has 0 spiro atoms. The first-order chi connectivity index (χ1) is 13.7. The summed E-state index contributed by atoms with van der Waals surface area (Å²) < 4.78 is 1.71. The first-order valence-electron chi connectivity index (χ1n) is 9.72. The van der Waals surface area contributed by atoms with Crippen LogP contribution in [0.25, 0.3) is 5.65 Å². The maximum Gasteiger partial charge on any atom is 0.220 e. The molecular formula is C21H24ClN5O. The summed E-state index contributed by atoms with van der Waals surface area (Å²) in [5, 5.41) is 7.85. The molecule has 0 atom stereocenters. The number of carbonyl (C=O) groups is 1. The Hall–Kier alpha value is -2.44. The normalized spacial score (nSPS) is 15.8. The molecule has 1 aliphatic rings. The zero-order chi connectivity index (χ0) is 19.3. The zero-order valence-electron chi connectivity index (χ0n) is 15.7. The predicted octanol–water partition coefficient (Wildman–Crippen LogP) is 3.10. The van der Waals surface area contributed by atoms with Crippen LogP contribution in [0, 0.1) is 0 Å². The van der Waals surface area contributed by atoms with Gasteiger partial charge in [0, 0.05) is 38.5 Å². The molecule has 1 aliphatic heterocycles. The average Bonchev–Trinajstić information content (AvgIpc) is 3.11. The van der Waals surface area contributed by atoms with Gasteiger partial charge in [-0.25, -0.2) is 9.50 Å². The third kappa shape index (κ3) is 4.69. The lowest BCUT2D eigenvalue weighted by atomic mass is 10.0. The molecule has 1 N–H and O–H groups in total. The van der Waals surface area contributed by atoms with E-state index in [9.17, 15) is 4.79 Å².